The molecule has 150 valence electrons. The molecule has 8 nitrogen and oxygen atoms in total. The summed E-state index contributed by atoms with van der Waals surface area (Å²) in [6, 6.07) is 16.9. The average molecular weight is 420 g/mol. The topological polar surface area (TPSA) is 110 Å². The van der Waals surface area contributed by atoms with Crippen molar-refractivity contribution >= 4 is 28.6 Å². The molecule has 9 heteroatoms. The summed E-state index contributed by atoms with van der Waals surface area (Å²) < 4.78 is 5.75. The predicted molar refractivity (Wildman–Crippen MR) is 114 cm³/mol. The van der Waals surface area contributed by atoms with Gasteiger partial charge in [0.05, 0.1) is 27.2 Å². The molecule has 0 aliphatic heterocycles. The second-order valence-corrected chi connectivity index (χ2v) is 7.44. The monoisotopic (exact) mass is 420 g/mol. The number of thiophene rings is 1. The Morgan fingerprint density at radius 3 is 2.73 bits per heavy atom. The van der Waals surface area contributed by atoms with Crippen molar-refractivity contribution < 1.29 is 14.5 Å². The molecular formula is C21H16N4O4S. The number of hydrogen-bond acceptors (Lipinski definition) is 6. The van der Waals surface area contributed by atoms with Gasteiger partial charge in [-0.15, -0.1) is 11.3 Å². The predicted octanol–water partition coefficient (Wildman–Crippen LogP) is 5.40. The van der Waals surface area contributed by atoms with Gasteiger partial charge in [0, 0.05) is 12.1 Å². The highest BCUT2D eigenvalue weighted by atomic mass is 32.1. The van der Waals surface area contributed by atoms with E-state index in [1.165, 1.54) is 29.5 Å². The first kappa shape index (κ1) is 19.3. The zero-order valence-electron chi connectivity index (χ0n) is 15.8. The van der Waals surface area contributed by atoms with Crippen LogP contribution in [0.5, 0.6) is 11.5 Å². The molecule has 0 aliphatic rings. The zero-order valence-corrected chi connectivity index (χ0v) is 16.6. The van der Waals surface area contributed by atoms with E-state index in [-0.39, 0.29) is 22.8 Å². The third-order valence-corrected chi connectivity index (χ3v) is 5.09. The highest BCUT2D eigenvalue weighted by molar-refractivity contribution is 7.13. The van der Waals surface area contributed by atoms with Crippen LogP contribution in [0, 0.1) is 17.0 Å². The van der Waals surface area contributed by atoms with Crippen molar-refractivity contribution in [3.8, 4) is 22.1 Å². The molecule has 0 saturated heterocycles. The molecule has 4 rings (SSSR count). The van der Waals surface area contributed by atoms with Crippen molar-refractivity contribution in [3.63, 3.8) is 0 Å². The summed E-state index contributed by atoms with van der Waals surface area (Å²) >= 11 is 1.52. The molecule has 0 unspecified atom stereocenters. The number of non-ortho nitro benzene ring substituents is 1. The maximum atomic E-state index is 12.6. The van der Waals surface area contributed by atoms with E-state index in [4.69, 9.17) is 4.74 Å². The summed E-state index contributed by atoms with van der Waals surface area (Å²) in [5, 5.41) is 22.7. The van der Waals surface area contributed by atoms with Gasteiger partial charge >= 0.3 is 0 Å². The molecule has 2 aromatic carbocycles. The number of aryl methyl sites for hydroxylation is 1. The van der Waals surface area contributed by atoms with E-state index in [0.29, 0.717) is 5.75 Å². The fourth-order valence-corrected chi connectivity index (χ4v) is 3.52. The van der Waals surface area contributed by atoms with Gasteiger partial charge in [0.2, 0.25) is 0 Å². The number of ether oxygens (including phenoxy) is 1. The van der Waals surface area contributed by atoms with Crippen LogP contribution in [0.4, 0.5) is 11.4 Å². The Hall–Kier alpha value is -3.98. The number of hydrogen-bond donors (Lipinski definition) is 2. The fourth-order valence-electron chi connectivity index (χ4n) is 2.83. The summed E-state index contributed by atoms with van der Waals surface area (Å²) in [5.74, 6) is 0.295. The number of nitrogens with zero attached hydrogens (tertiary/aromatic N) is 2. The maximum Gasteiger partial charge on any atom is 0.276 e. The molecule has 0 bridgehead atoms. The number of aromatic amines is 1. The lowest BCUT2D eigenvalue weighted by atomic mass is 10.2. The number of carbonyl (C=O) groups is 1. The lowest BCUT2D eigenvalue weighted by Gasteiger charge is -2.09. The first-order valence-corrected chi connectivity index (χ1v) is 9.80. The minimum Gasteiger partial charge on any atom is -0.457 e. The number of nitrogens with one attached hydrogen (secondary N) is 2. The van der Waals surface area contributed by atoms with Crippen LogP contribution in [0.25, 0.3) is 10.6 Å². The minimum atomic E-state index is -0.539. The summed E-state index contributed by atoms with van der Waals surface area (Å²) in [7, 11) is 0. The summed E-state index contributed by atoms with van der Waals surface area (Å²) in [4.78, 5) is 24.3. The normalized spacial score (nSPS) is 10.6. The largest absolute Gasteiger partial charge is 0.457 e. The van der Waals surface area contributed by atoms with Gasteiger partial charge in [-0.25, -0.2) is 0 Å². The van der Waals surface area contributed by atoms with Crippen molar-refractivity contribution in [3.05, 3.63) is 87.4 Å². The lowest BCUT2D eigenvalue weighted by molar-refractivity contribution is -0.384. The van der Waals surface area contributed by atoms with Crippen LogP contribution >= 0.6 is 11.3 Å². The summed E-state index contributed by atoms with van der Waals surface area (Å²) in [6.45, 7) is 1.92. The number of nitro benzene ring substituents is 1. The molecule has 30 heavy (non-hydrogen) atoms. The van der Waals surface area contributed by atoms with Crippen LogP contribution < -0.4 is 10.1 Å². The van der Waals surface area contributed by atoms with Gasteiger partial charge < -0.3 is 10.1 Å². The SMILES string of the molecule is Cc1cccc(Oc2cc(NC(=O)c3cc(-c4cccs4)[nH]n3)cc([N+](=O)[O-])c2)c1. The minimum absolute atomic E-state index is 0.172. The maximum absolute atomic E-state index is 12.6. The van der Waals surface area contributed by atoms with Gasteiger partial charge in [-0.1, -0.05) is 18.2 Å². The molecule has 0 atom stereocenters. The Morgan fingerprint density at radius 1 is 1.13 bits per heavy atom. The average Bonchev–Trinajstić information content (AvgIpc) is 3.39. The fraction of sp³-hybridized carbons (Fsp3) is 0.0476. The number of carbonyl (C=O) groups excluding carboxylic acids is 1. The van der Waals surface area contributed by atoms with Gasteiger partial charge in [0.1, 0.15) is 11.5 Å². The first-order chi connectivity index (χ1) is 14.5. The molecule has 2 heterocycles. The molecule has 4 aromatic rings. The number of benzene rings is 2. The second kappa shape index (κ2) is 8.18. The van der Waals surface area contributed by atoms with Crippen LogP contribution in [0.1, 0.15) is 16.1 Å². The van der Waals surface area contributed by atoms with Crippen LogP contribution in [0.2, 0.25) is 0 Å². The van der Waals surface area contributed by atoms with Crippen molar-refractivity contribution in [1.29, 1.82) is 0 Å². The Balaban J connectivity index is 1.57. The van der Waals surface area contributed by atoms with E-state index in [1.807, 2.05) is 42.6 Å². The molecule has 0 radical (unpaired) electrons. The molecule has 0 fully saturated rings. The van der Waals surface area contributed by atoms with Gasteiger partial charge in [-0.2, -0.15) is 5.10 Å². The van der Waals surface area contributed by atoms with E-state index in [1.54, 1.807) is 12.1 Å². The van der Waals surface area contributed by atoms with Crippen molar-refractivity contribution in [2.45, 2.75) is 6.92 Å². The molecular weight excluding hydrogens is 404 g/mol. The van der Waals surface area contributed by atoms with E-state index in [9.17, 15) is 14.9 Å². The van der Waals surface area contributed by atoms with Gasteiger partial charge in [0.15, 0.2) is 5.69 Å². The molecule has 2 N–H and O–H groups in total. The quantitative estimate of drug-likeness (QED) is 0.321. The first-order valence-electron chi connectivity index (χ1n) is 8.92. The molecule has 1 amide bonds. The Morgan fingerprint density at radius 2 is 2.00 bits per heavy atom. The molecule has 0 saturated carbocycles. The number of anilines is 1. The van der Waals surface area contributed by atoms with E-state index < -0.39 is 10.8 Å². The van der Waals surface area contributed by atoms with Crippen LogP contribution in [0.15, 0.2) is 66.0 Å². The van der Waals surface area contributed by atoms with Gasteiger partial charge in [0.25, 0.3) is 11.6 Å². The van der Waals surface area contributed by atoms with Crippen LogP contribution in [0.3, 0.4) is 0 Å². The standard InChI is InChI=1S/C21H16N4O4S/c1-13-4-2-5-16(8-13)29-17-10-14(9-15(11-17)25(27)28)22-21(26)19-12-18(23-24-19)20-6-3-7-30-20/h2-12H,1H3,(H,22,26)(H,23,24). The highest BCUT2D eigenvalue weighted by Gasteiger charge is 2.16. The Bertz CT molecular complexity index is 1220. The summed E-state index contributed by atoms with van der Waals surface area (Å²) in [5.41, 5.74) is 1.92. The smallest absolute Gasteiger partial charge is 0.276 e. The van der Waals surface area contributed by atoms with Crippen LogP contribution in [-0.2, 0) is 0 Å². The Kier molecular flexibility index (Phi) is 5.27. The zero-order chi connectivity index (χ0) is 21.1. The molecule has 0 aliphatic carbocycles. The number of amides is 1. The van der Waals surface area contributed by atoms with E-state index in [2.05, 4.69) is 15.5 Å². The number of H-pyrrole nitrogens is 1. The third kappa shape index (κ3) is 4.36. The van der Waals surface area contributed by atoms with Crippen molar-refractivity contribution in [2.75, 3.05) is 5.32 Å². The van der Waals surface area contributed by atoms with Crippen molar-refractivity contribution in [2.24, 2.45) is 0 Å². The van der Waals surface area contributed by atoms with Crippen LogP contribution in [-0.4, -0.2) is 21.0 Å². The molecule has 0 spiro atoms. The van der Waals surface area contributed by atoms with E-state index >= 15 is 0 Å². The van der Waals surface area contributed by atoms with Gasteiger partial charge in [-0.3, -0.25) is 20.0 Å². The lowest BCUT2D eigenvalue weighted by Crippen LogP contribution is -2.12. The van der Waals surface area contributed by atoms with Gasteiger partial charge in [-0.05, 0) is 42.1 Å². The highest BCUT2D eigenvalue weighted by Crippen LogP contribution is 2.30. The number of aromatic nitrogens is 2. The summed E-state index contributed by atoms with van der Waals surface area (Å²) in [6.07, 6.45) is 0. The van der Waals surface area contributed by atoms with E-state index in [0.717, 1.165) is 16.1 Å². The number of nitro groups is 1. The number of rotatable bonds is 6. The van der Waals surface area contributed by atoms with Crippen molar-refractivity contribution in [1.82, 2.24) is 10.2 Å². The second-order valence-electron chi connectivity index (χ2n) is 6.49. The third-order valence-electron chi connectivity index (χ3n) is 4.18. The molecule has 2 aromatic heterocycles. The Labute approximate surface area is 175 Å².